The number of thioether (sulfide) groups is 2. The van der Waals surface area contributed by atoms with E-state index in [-0.39, 0.29) is 34.4 Å². The first-order valence-electron chi connectivity index (χ1n) is 18.7. The van der Waals surface area contributed by atoms with Crippen LogP contribution in [0.1, 0.15) is 76.3 Å². The van der Waals surface area contributed by atoms with E-state index in [2.05, 4.69) is 10.6 Å². The summed E-state index contributed by atoms with van der Waals surface area (Å²) in [6.07, 6.45) is 6.31. The topological polar surface area (TPSA) is 125 Å². The van der Waals surface area contributed by atoms with E-state index >= 15 is 0 Å². The van der Waals surface area contributed by atoms with Crippen LogP contribution in [-0.2, 0) is 41.6 Å². The Morgan fingerprint density at radius 3 is 2.02 bits per heavy atom. The molecule has 4 aliphatic rings. The minimum atomic E-state index is -0.761. The Balaban J connectivity index is 1.20. The zero-order valence-corrected chi connectivity index (χ0v) is 32.1. The maximum absolute atomic E-state index is 14.3. The van der Waals surface area contributed by atoms with Crippen molar-refractivity contribution in [1.29, 1.82) is 0 Å². The minimum absolute atomic E-state index is 0.0176. The lowest BCUT2D eigenvalue weighted by atomic mass is 9.86. The molecule has 0 unspecified atom stereocenters. The molecule has 12 heteroatoms. The number of rotatable bonds is 12. The third-order valence-electron chi connectivity index (χ3n) is 11.0. The Hall–Kier alpha value is -3.51. The number of carbonyl (C=O) groups excluding carboxylic acids is 5. The Morgan fingerprint density at radius 1 is 0.808 bits per heavy atom. The number of esters is 1. The van der Waals surface area contributed by atoms with Crippen LogP contribution in [0.2, 0.25) is 0 Å². The van der Waals surface area contributed by atoms with Gasteiger partial charge in [0.1, 0.15) is 18.1 Å². The van der Waals surface area contributed by atoms with Gasteiger partial charge >= 0.3 is 5.97 Å². The highest BCUT2D eigenvalue weighted by atomic mass is 32.2. The van der Waals surface area contributed by atoms with Gasteiger partial charge in [-0.1, -0.05) is 60.7 Å². The van der Waals surface area contributed by atoms with Crippen LogP contribution in [0, 0.1) is 11.8 Å². The lowest BCUT2D eigenvalue weighted by Crippen LogP contribution is -2.63. The molecule has 2 N–H and O–H groups in total. The summed E-state index contributed by atoms with van der Waals surface area (Å²) in [6, 6.07) is 17.6. The van der Waals surface area contributed by atoms with E-state index in [1.807, 2.05) is 79.4 Å². The van der Waals surface area contributed by atoms with Crippen molar-refractivity contribution >= 4 is 53.1 Å². The Kier molecular flexibility index (Phi) is 12.6. The van der Waals surface area contributed by atoms with Crippen molar-refractivity contribution in [3.05, 3.63) is 71.8 Å². The predicted octanol–water partition coefficient (Wildman–Crippen LogP) is 4.95. The van der Waals surface area contributed by atoms with Crippen LogP contribution in [0.5, 0.6) is 0 Å². The number of hydrogen-bond donors (Lipinski definition) is 2. The molecule has 0 saturated carbocycles. The van der Waals surface area contributed by atoms with Gasteiger partial charge in [-0.15, -0.1) is 23.5 Å². The summed E-state index contributed by atoms with van der Waals surface area (Å²) in [5, 5.41) is 6.30. The Bertz CT molecular complexity index is 1590. The molecule has 0 aliphatic carbocycles. The summed E-state index contributed by atoms with van der Waals surface area (Å²) in [7, 11) is 1.34. The van der Waals surface area contributed by atoms with Gasteiger partial charge in [-0.2, -0.15) is 0 Å². The number of amides is 4. The monoisotopic (exact) mass is 748 g/mol. The third kappa shape index (κ3) is 8.81. The fourth-order valence-corrected chi connectivity index (χ4v) is 11.2. The summed E-state index contributed by atoms with van der Waals surface area (Å²) in [5.41, 5.74) is 2.00. The van der Waals surface area contributed by atoms with Gasteiger partial charge in [0.2, 0.25) is 23.6 Å². The molecule has 6 rings (SSSR count). The fourth-order valence-electron chi connectivity index (χ4n) is 8.18. The molecule has 2 aromatic rings. The summed E-state index contributed by atoms with van der Waals surface area (Å²) < 4.78 is 4.60. The molecule has 4 saturated heterocycles. The van der Waals surface area contributed by atoms with Gasteiger partial charge in [-0.3, -0.25) is 19.2 Å². The van der Waals surface area contributed by atoms with Crippen LogP contribution >= 0.6 is 23.5 Å². The zero-order valence-electron chi connectivity index (χ0n) is 30.5. The normalized spacial score (nSPS) is 26.7. The number of piperidine rings is 1. The number of nitrogens with one attached hydrogen (secondary N) is 2. The van der Waals surface area contributed by atoms with Gasteiger partial charge in [0.15, 0.2) is 0 Å². The highest BCUT2D eigenvalue weighted by Crippen LogP contribution is 2.44. The van der Waals surface area contributed by atoms with Crippen LogP contribution in [-0.4, -0.2) is 92.4 Å². The van der Waals surface area contributed by atoms with E-state index in [1.54, 1.807) is 28.4 Å². The molecule has 4 fully saturated rings. The molecule has 7 atom stereocenters. The van der Waals surface area contributed by atoms with E-state index < -0.39 is 40.7 Å². The van der Waals surface area contributed by atoms with Crippen molar-refractivity contribution in [3.63, 3.8) is 0 Å². The second kappa shape index (κ2) is 17.1. The highest BCUT2D eigenvalue weighted by molar-refractivity contribution is 8.01. The second-order valence-electron chi connectivity index (χ2n) is 15.0. The molecule has 10 nitrogen and oxygen atoms in total. The molecule has 4 heterocycles. The molecular weight excluding hydrogens is 697 g/mol. The first-order valence-corrected chi connectivity index (χ1v) is 20.7. The van der Waals surface area contributed by atoms with Crippen LogP contribution in [0.3, 0.4) is 0 Å². The van der Waals surface area contributed by atoms with E-state index in [0.29, 0.717) is 50.8 Å². The number of hydrogen-bond acceptors (Lipinski definition) is 8. The smallest absolute Gasteiger partial charge is 0.328 e. The number of ether oxygens (including phenoxy) is 1. The fraction of sp³-hybridized carbons (Fsp3) is 0.575. The molecule has 280 valence electrons. The maximum atomic E-state index is 14.3. The average molecular weight is 749 g/mol. The van der Waals surface area contributed by atoms with E-state index in [9.17, 15) is 24.0 Å². The predicted molar refractivity (Wildman–Crippen MR) is 204 cm³/mol. The summed E-state index contributed by atoms with van der Waals surface area (Å²) in [6.45, 7) is 4.79. The molecule has 4 amide bonds. The van der Waals surface area contributed by atoms with Gasteiger partial charge in [-0.05, 0) is 94.9 Å². The van der Waals surface area contributed by atoms with Crippen LogP contribution in [0.25, 0.3) is 0 Å². The number of carbonyl (C=O) groups is 5. The number of fused-ring (bicyclic) bond motifs is 2. The van der Waals surface area contributed by atoms with Crippen LogP contribution in [0.15, 0.2) is 60.7 Å². The quantitative estimate of drug-likeness (QED) is 0.293. The Morgan fingerprint density at radius 2 is 1.40 bits per heavy atom. The Labute approximate surface area is 315 Å². The standard InChI is InChI=1S/C40H52N4O6S2/c1-40(2)34(38(48)43-22-11-18-32(43)52-40)42-36(46)29(25-27-14-8-5-9-15-27)20-19-28(24-26-12-6-4-7-13-26)35(45)41-30-21-23-51-33-17-10-16-31(39(49)50-3)44(33)37(30)47/h4-9,12-15,28-34H,10-11,16-25H2,1-3H3,(H,41,45)(H,42,46)/t28-,29-,30+,31+,32+,33+,34-/m1/s1. The van der Waals surface area contributed by atoms with E-state index in [4.69, 9.17) is 4.74 Å². The third-order valence-corrected chi connectivity index (χ3v) is 14.0. The molecule has 0 spiro atoms. The largest absolute Gasteiger partial charge is 0.467 e. The number of benzene rings is 2. The molecule has 0 bridgehead atoms. The van der Waals surface area contributed by atoms with Crippen molar-refractivity contribution in [1.82, 2.24) is 20.4 Å². The zero-order chi connectivity index (χ0) is 36.8. The summed E-state index contributed by atoms with van der Waals surface area (Å²) in [5.74, 6) is -1.42. The SMILES string of the molecule is COC(=O)[C@@H]1CCC[C@@H]2SCC[C@H](NC(=O)[C@H](CC[C@H](Cc3ccccc3)C(=O)N[C@@H]3C(=O)N4CCC[C@@H]4SC3(C)C)Cc3ccccc3)C(=O)N21. The first-order chi connectivity index (χ1) is 25.1. The first kappa shape index (κ1) is 38.2. The van der Waals surface area contributed by atoms with Crippen LogP contribution in [0.4, 0.5) is 0 Å². The van der Waals surface area contributed by atoms with Gasteiger partial charge in [0.25, 0.3) is 0 Å². The molecule has 0 radical (unpaired) electrons. The second-order valence-corrected chi connectivity index (χ2v) is 18.2. The summed E-state index contributed by atoms with van der Waals surface area (Å²) in [4.78, 5) is 72.5. The minimum Gasteiger partial charge on any atom is -0.467 e. The van der Waals surface area contributed by atoms with Crippen LogP contribution < -0.4 is 10.6 Å². The molecule has 52 heavy (non-hydrogen) atoms. The van der Waals surface area contributed by atoms with Gasteiger partial charge in [-0.25, -0.2) is 4.79 Å². The van der Waals surface area contributed by atoms with Gasteiger partial charge in [0, 0.05) is 23.1 Å². The van der Waals surface area contributed by atoms with Crippen molar-refractivity contribution in [2.75, 3.05) is 19.4 Å². The molecular formula is C40H52N4O6S2. The maximum Gasteiger partial charge on any atom is 0.328 e. The van der Waals surface area contributed by atoms with E-state index in [0.717, 1.165) is 36.8 Å². The summed E-state index contributed by atoms with van der Waals surface area (Å²) >= 11 is 3.42. The highest BCUT2D eigenvalue weighted by Gasteiger charge is 2.50. The van der Waals surface area contributed by atoms with Crippen molar-refractivity contribution < 1.29 is 28.7 Å². The number of methoxy groups -OCH3 is 1. The van der Waals surface area contributed by atoms with E-state index in [1.165, 1.54) is 7.11 Å². The lowest BCUT2D eigenvalue weighted by molar-refractivity contribution is -0.156. The van der Waals surface area contributed by atoms with Gasteiger partial charge in [0.05, 0.1) is 17.9 Å². The average Bonchev–Trinajstić information content (AvgIpc) is 3.55. The van der Waals surface area contributed by atoms with Crippen molar-refractivity contribution in [3.8, 4) is 0 Å². The molecule has 0 aromatic heterocycles. The number of nitrogens with zero attached hydrogens (tertiary/aromatic N) is 2. The molecule has 4 aliphatic heterocycles. The molecule has 2 aromatic carbocycles. The lowest BCUT2D eigenvalue weighted by Gasteiger charge is -2.45. The van der Waals surface area contributed by atoms with Gasteiger partial charge < -0.3 is 25.2 Å². The van der Waals surface area contributed by atoms with Crippen molar-refractivity contribution in [2.24, 2.45) is 11.8 Å². The van der Waals surface area contributed by atoms with Crippen molar-refractivity contribution in [2.45, 2.75) is 112 Å².